The molecule has 1 atom stereocenters. The Balaban J connectivity index is 1.65. The third-order valence-corrected chi connectivity index (χ3v) is 4.38. The van der Waals surface area contributed by atoms with Crippen molar-refractivity contribution in [1.29, 1.82) is 5.26 Å². The van der Waals surface area contributed by atoms with Crippen molar-refractivity contribution in [3.63, 3.8) is 0 Å². The number of amides is 2. The second kappa shape index (κ2) is 7.70. The monoisotopic (exact) mass is 349 g/mol. The molecule has 6 nitrogen and oxygen atoms in total. The molecule has 26 heavy (non-hydrogen) atoms. The van der Waals surface area contributed by atoms with Crippen molar-refractivity contribution in [3.8, 4) is 11.8 Å². The molecule has 1 fully saturated rings. The molecule has 1 aliphatic heterocycles. The third kappa shape index (κ3) is 3.67. The Hall–Kier alpha value is -3.33. The van der Waals surface area contributed by atoms with E-state index >= 15 is 0 Å². The molecular formula is C20H19N3O3. The number of ether oxygens (including phenoxy) is 1. The van der Waals surface area contributed by atoms with Gasteiger partial charge in [0.15, 0.2) is 0 Å². The lowest BCUT2D eigenvalue weighted by atomic mass is 10.1. The van der Waals surface area contributed by atoms with E-state index in [4.69, 9.17) is 10.00 Å². The molecule has 2 aromatic rings. The van der Waals surface area contributed by atoms with Crippen LogP contribution in [0.3, 0.4) is 0 Å². The zero-order chi connectivity index (χ0) is 18.5. The molecule has 6 heteroatoms. The van der Waals surface area contributed by atoms with Gasteiger partial charge < -0.3 is 15.0 Å². The van der Waals surface area contributed by atoms with Crippen molar-refractivity contribution in [1.82, 2.24) is 10.2 Å². The van der Waals surface area contributed by atoms with Crippen LogP contribution in [0.5, 0.6) is 5.75 Å². The van der Waals surface area contributed by atoms with E-state index in [9.17, 15) is 9.59 Å². The maximum Gasteiger partial charge on any atom is 0.255 e. The van der Waals surface area contributed by atoms with E-state index in [1.165, 1.54) is 7.11 Å². The van der Waals surface area contributed by atoms with Crippen LogP contribution in [0.1, 0.15) is 27.9 Å². The van der Waals surface area contributed by atoms with Crippen molar-refractivity contribution >= 4 is 11.8 Å². The number of para-hydroxylation sites is 1. The highest BCUT2D eigenvalue weighted by Crippen LogP contribution is 2.20. The highest BCUT2D eigenvalue weighted by molar-refractivity contribution is 6.00. The molecule has 1 aliphatic rings. The molecule has 0 unspecified atom stereocenters. The molecule has 0 radical (unpaired) electrons. The average Bonchev–Trinajstić information content (AvgIpc) is 3.01. The average molecular weight is 349 g/mol. The summed E-state index contributed by atoms with van der Waals surface area (Å²) in [6, 6.07) is 15.6. The Bertz CT molecular complexity index is 873. The molecule has 1 heterocycles. The van der Waals surface area contributed by atoms with Crippen molar-refractivity contribution in [2.45, 2.75) is 19.0 Å². The zero-order valence-corrected chi connectivity index (χ0v) is 14.4. The first-order valence-electron chi connectivity index (χ1n) is 8.34. The summed E-state index contributed by atoms with van der Waals surface area (Å²) in [5.74, 6) is 0.0327. The van der Waals surface area contributed by atoms with Crippen molar-refractivity contribution < 1.29 is 14.3 Å². The maximum atomic E-state index is 12.6. The summed E-state index contributed by atoms with van der Waals surface area (Å²) in [6.07, 6.45) is 0.553. The van der Waals surface area contributed by atoms with Crippen molar-refractivity contribution in [2.24, 2.45) is 0 Å². The van der Waals surface area contributed by atoms with Crippen LogP contribution >= 0.6 is 0 Å². The Morgan fingerprint density at radius 2 is 2.12 bits per heavy atom. The maximum absolute atomic E-state index is 12.6. The van der Waals surface area contributed by atoms with Gasteiger partial charge in [-0.1, -0.05) is 24.3 Å². The molecule has 1 N–H and O–H groups in total. The highest BCUT2D eigenvalue weighted by Gasteiger charge is 2.33. The second-order valence-corrected chi connectivity index (χ2v) is 6.09. The molecule has 1 saturated heterocycles. The van der Waals surface area contributed by atoms with Gasteiger partial charge in [-0.2, -0.15) is 5.26 Å². The van der Waals surface area contributed by atoms with Gasteiger partial charge in [-0.05, 0) is 36.2 Å². The van der Waals surface area contributed by atoms with Crippen LogP contribution in [-0.4, -0.2) is 36.4 Å². The minimum Gasteiger partial charge on any atom is -0.496 e. The second-order valence-electron chi connectivity index (χ2n) is 6.09. The summed E-state index contributed by atoms with van der Waals surface area (Å²) in [5, 5.41) is 11.8. The van der Waals surface area contributed by atoms with Crippen LogP contribution in [0.2, 0.25) is 0 Å². The fourth-order valence-electron chi connectivity index (χ4n) is 3.06. The van der Waals surface area contributed by atoms with Gasteiger partial charge in [0.2, 0.25) is 5.91 Å². The van der Waals surface area contributed by atoms with Crippen LogP contribution in [-0.2, 0) is 11.3 Å². The Morgan fingerprint density at radius 3 is 2.88 bits per heavy atom. The third-order valence-electron chi connectivity index (χ3n) is 4.38. The Morgan fingerprint density at radius 1 is 1.31 bits per heavy atom. The van der Waals surface area contributed by atoms with Gasteiger partial charge in [0.1, 0.15) is 11.8 Å². The number of nitriles is 1. The van der Waals surface area contributed by atoms with E-state index in [-0.39, 0.29) is 11.8 Å². The van der Waals surface area contributed by atoms with Crippen LogP contribution in [0.4, 0.5) is 0 Å². The first-order valence-corrected chi connectivity index (χ1v) is 8.34. The number of hydrogen-bond donors (Lipinski definition) is 1. The molecule has 132 valence electrons. The van der Waals surface area contributed by atoms with E-state index in [0.29, 0.717) is 36.4 Å². The van der Waals surface area contributed by atoms with Gasteiger partial charge in [0.25, 0.3) is 5.91 Å². The quantitative estimate of drug-likeness (QED) is 0.896. The highest BCUT2D eigenvalue weighted by atomic mass is 16.5. The number of benzene rings is 2. The fraction of sp³-hybridized carbons (Fsp3) is 0.250. The normalized spacial score (nSPS) is 16.2. The Kier molecular flexibility index (Phi) is 5.18. The van der Waals surface area contributed by atoms with Gasteiger partial charge >= 0.3 is 0 Å². The van der Waals surface area contributed by atoms with E-state index < -0.39 is 6.04 Å². The number of carbonyl (C=O) groups excluding carboxylic acids is 2. The standard InChI is InChI=1S/C20H19N3O3/c1-26-18-8-3-2-7-16(18)19(24)22-17-9-10-23(20(17)25)13-15-6-4-5-14(11-15)12-21/h2-8,11,17H,9-10,13H2,1H3,(H,22,24)/t17-/m0/s1. The molecule has 3 rings (SSSR count). The summed E-state index contributed by atoms with van der Waals surface area (Å²) >= 11 is 0. The van der Waals surface area contributed by atoms with Gasteiger partial charge in [-0.3, -0.25) is 9.59 Å². The number of carbonyl (C=O) groups is 2. The summed E-state index contributed by atoms with van der Waals surface area (Å²) in [7, 11) is 1.50. The van der Waals surface area contributed by atoms with Crippen LogP contribution in [0.15, 0.2) is 48.5 Å². The largest absolute Gasteiger partial charge is 0.496 e. The number of hydrogen-bond acceptors (Lipinski definition) is 4. The van der Waals surface area contributed by atoms with Gasteiger partial charge in [0.05, 0.1) is 24.3 Å². The van der Waals surface area contributed by atoms with Crippen molar-refractivity contribution in [2.75, 3.05) is 13.7 Å². The Labute approximate surface area is 152 Å². The number of methoxy groups -OCH3 is 1. The van der Waals surface area contributed by atoms with E-state index in [1.54, 1.807) is 47.4 Å². The first kappa shape index (κ1) is 17.5. The molecule has 0 spiro atoms. The molecule has 0 saturated carbocycles. The minimum atomic E-state index is -0.549. The zero-order valence-electron chi connectivity index (χ0n) is 14.4. The van der Waals surface area contributed by atoms with Crippen LogP contribution in [0, 0.1) is 11.3 Å². The SMILES string of the molecule is COc1ccccc1C(=O)N[C@H]1CCN(Cc2cccc(C#N)c2)C1=O. The summed E-state index contributed by atoms with van der Waals surface area (Å²) in [6.45, 7) is 0.988. The lowest BCUT2D eigenvalue weighted by Crippen LogP contribution is -2.41. The first-order chi connectivity index (χ1) is 12.6. The molecule has 0 aliphatic carbocycles. The van der Waals surface area contributed by atoms with E-state index in [0.717, 1.165) is 5.56 Å². The number of nitrogens with zero attached hydrogens (tertiary/aromatic N) is 2. The number of nitrogens with one attached hydrogen (secondary N) is 1. The number of likely N-dealkylation sites (tertiary alicyclic amines) is 1. The van der Waals surface area contributed by atoms with E-state index in [1.807, 2.05) is 6.07 Å². The molecular weight excluding hydrogens is 330 g/mol. The minimum absolute atomic E-state index is 0.115. The lowest BCUT2D eigenvalue weighted by molar-refractivity contribution is -0.129. The topological polar surface area (TPSA) is 82.4 Å². The van der Waals surface area contributed by atoms with Gasteiger partial charge in [-0.25, -0.2) is 0 Å². The summed E-state index contributed by atoms with van der Waals surface area (Å²) < 4.78 is 5.20. The molecule has 0 aromatic heterocycles. The van der Waals surface area contributed by atoms with Crippen molar-refractivity contribution in [3.05, 3.63) is 65.2 Å². The molecule has 2 aromatic carbocycles. The van der Waals surface area contributed by atoms with Crippen LogP contribution in [0.25, 0.3) is 0 Å². The molecule has 0 bridgehead atoms. The fourth-order valence-corrected chi connectivity index (χ4v) is 3.06. The predicted octanol–water partition coefficient (Wildman–Crippen LogP) is 2.10. The van der Waals surface area contributed by atoms with Gasteiger partial charge in [0, 0.05) is 13.1 Å². The predicted molar refractivity (Wildman–Crippen MR) is 95.4 cm³/mol. The summed E-state index contributed by atoms with van der Waals surface area (Å²) in [4.78, 5) is 26.8. The lowest BCUT2D eigenvalue weighted by Gasteiger charge is -2.17. The van der Waals surface area contributed by atoms with Gasteiger partial charge in [-0.15, -0.1) is 0 Å². The smallest absolute Gasteiger partial charge is 0.255 e. The van der Waals surface area contributed by atoms with Crippen LogP contribution < -0.4 is 10.1 Å². The molecule has 2 amide bonds. The summed E-state index contributed by atoms with van der Waals surface area (Å²) in [5.41, 5.74) is 1.87. The van der Waals surface area contributed by atoms with E-state index in [2.05, 4.69) is 11.4 Å². The number of rotatable bonds is 5.